The molecule has 6 nitrogen and oxygen atoms in total. The first-order valence-corrected chi connectivity index (χ1v) is 9.33. The average Bonchev–Trinajstić information content (AvgIpc) is 3.28. The van der Waals surface area contributed by atoms with E-state index in [4.69, 9.17) is 10.7 Å². The van der Waals surface area contributed by atoms with Gasteiger partial charge in [-0.1, -0.05) is 30.3 Å². The number of imidazole rings is 1. The molecule has 5 rings (SSSR count). The fourth-order valence-electron chi connectivity index (χ4n) is 3.93. The van der Waals surface area contributed by atoms with Gasteiger partial charge >= 0.3 is 0 Å². The summed E-state index contributed by atoms with van der Waals surface area (Å²) in [5.41, 5.74) is 11.3. The summed E-state index contributed by atoms with van der Waals surface area (Å²) in [7, 11) is 0. The van der Waals surface area contributed by atoms with E-state index in [1.165, 1.54) is 12.1 Å². The third-order valence-corrected chi connectivity index (χ3v) is 5.18. The Morgan fingerprint density at radius 2 is 1.79 bits per heavy atom. The van der Waals surface area contributed by atoms with Crippen LogP contribution in [0.5, 0.6) is 0 Å². The second-order valence-corrected chi connectivity index (χ2v) is 7.17. The monoisotopic (exact) mass is 386 g/mol. The Morgan fingerprint density at radius 3 is 2.52 bits per heavy atom. The number of benzene rings is 2. The van der Waals surface area contributed by atoms with Crippen LogP contribution in [0.1, 0.15) is 28.8 Å². The van der Waals surface area contributed by atoms with Gasteiger partial charge in [-0.15, -0.1) is 0 Å². The Bertz CT molecular complexity index is 1350. The van der Waals surface area contributed by atoms with Crippen molar-refractivity contribution in [1.82, 2.24) is 24.7 Å². The molecule has 3 N–H and O–H groups in total. The van der Waals surface area contributed by atoms with Crippen LogP contribution in [0.4, 0.5) is 10.2 Å². The van der Waals surface area contributed by atoms with Gasteiger partial charge < -0.3 is 10.3 Å². The van der Waals surface area contributed by atoms with Crippen LogP contribution in [0.15, 0.2) is 54.6 Å². The van der Waals surface area contributed by atoms with Crippen LogP contribution in [0.3, 0.4) is 0 Å². The number of aromatic amines is 1. The molecule has 1 atom stereocenters. The predicted molar refractivity (Wildman–Crippen MR) is 111 cm³/mol. The molecule has 0 fully saturated rings. The lowest BCUT2D eigenvalue weighted by Crippen LogP contribution is -2.15. The minimum Gasteiger partial charge on any atom is -0.382 e. The van der Waals surface area contributed by atoms with Crippen LogP contribution in [-0.4, -0.2) is 24.7 Å². The topological polar surface area (TPSA) is 85.4 Å². The van der Waals surface area contributed by atoms with Crippen molar-refractivity contribution in [2.45, 2.75) is 19.9 Å². The van der Waals surface area contributed by atoms with Gasteiger partial charge in [-0.3, -0.25) is 5.10 Å². The second kappa shape index (κ2) is 6.41. The summed E-state index contributed by atoms with van der Waals surface area (Å²) in [5, 5.41) is 8.48. The van der Waals surface area contributed by atoms with Gasteiger partial charge in [0.2, 0.25) is 0 Å². The Morgan fingerprint density at radius 1 is 1.03 bits per heavy atom. The highest BCUT2D eigenvalue weighted by molar-refractivity contribution is 6.06. The SMILES string of the molecule is Cc1cc(C(c2ccc(F)cc2)n2c(C)nc3c(N)nc4ccccc4c32)n[nH]1. The molecular weight excluding hydrogens is 367 g/mol. The summed E-state index contributed by atoms with van der Waals surface area (Å²) in [6, 6.07) is 16.0. The zero-order chi connectivity index (χ0) is 20.1. The van der Waals surface area contributed by atoms with Crippen LogP contribution in [0.2, 0.25) is 0 Å². The van der Waals surface area contributed by atoms with E-state index in [1.807, 2.05) is 44.2 Å². The van der Waals surface area contributed by atoms with Crippen molar-refractivity contribution < 1.29 is 4.39 Å². The number of aryl methyl sites for hydroxylation is 2. The van der Waals surface area contributed by atoms with E-state index in [1.54, 1.807) is 12.1 Å². The van der Waals surface area contributed by atoms with E-state index in [-0.39, 0.29) is 11.9 Å². The molecule has 7 heteroatoms. The number of pyridine rings is 1. The van der Waals surface area contributed by atoms with E-state index in [9.17, 15) is 4.39 Å². The van der Waals surface area contributed by atoms with Crippen molar-refractivity contribution in [3.05, 3.63) is 83.2 Å². The molecule has 3 aromatic heterocycles. The molecule has 0 spiro atoms. The van der Waals surface area contributed by atoms with E-state index >= 15 is 0 Å². The van der Waals surface area contributed by atoms with Crippen LogP contribution < -0.4 is 5.73 Å². The number of para-hydroxylation sites is 1. The number of nitrogens with zero attached hydrogens (tertiary/aromatic N) is 4. The van der Waals surface area contributed by atoms with Crippen molar-refractivity contribution in [3.63, 3.8) is 0 Å². The van der Waals surface area contributed by atoms with Crippen LogP contribution in [-0.2, 0) is 0 Å². The Balaban J connectivity index is 1.89. The Hall–Kier alpha value is -3.74. The highest BCUT2D eigenvalue weighted by Crippen LogP contribution is 2.35. The highest BCUT2D eigenvalue weighted by atomic mass is 19.1. The first-order valence-electron chi connectivity index (χ1n) is 9.33. The summed E-state index contributed by atoms with van der Waals surface area (Å²) in [5.74, 6) is 0.883. The third kappa shape index (κ3) is 2.74. The van der Waals surface area contributed by atoms with Gasteiger partial charge in [0.25, 0.3) is 0 Å². The first kappa shape index (κ1) is 17.4. The smallest absolute Gasteiger partial charge is 0.152 e. The van der Waals surface area contributed by atoms with Gasteiger partial charge in [0.15, 0.2) is 5.82 Å². The second-order valence-electron chi connectivity index (χ2n) is 7.17. The molecule has 0 amide bonds. The number of H-pyrrole nitrogens is 1. The van der Waals surface area contributed by atoms with Gasteiger partial charge in [-0.2, -0.15) is 5.10 Å². The molecule has 1 unspecified atom stereocenters. The predicted octanol–water partition coefficient (Wildman–Crippen LogP) is 4.28. The van der Waals surface area contributed by atoms with Gasteiger partial charge in [-0.05, 0) is 43.7 Å². The number of nitrogen functional groups attached to an aromatic ring is 1. The molecule has 3 heterocycles. The molecular formula is C22H19FN6. The standard InChI is InChI=1S/C22H19FN6/c1-12-11-18(28-27-12)20(14-7-9-15(23)10-8-14)29-13(2)25-19-21(29)16-5-3-4-6-17(16)26-22(19)24/h3-11,20H,1-2H3,(H2,24,26)(H,27,28). The maximum Gasteiger partial charge on any atom is 0.152 e. The lowest BCUT2D eigenvalue weighted by Gasteiger charge is -2.20. The van der Waals surface area contributed by atoms with E-state index in [0.717, 1.165) is 39.2 Å². The third-order valence-electron chi connectivity index (χ3n) is 5.18. The quantitative estimate of drug-likeness (QED) is 0.485. The molecule has 0 aliphatic rings. The Kier molecular flexibility index (Phi) is 3.84. The molecule has 2 aromatic carbocycles. The van der Waals surface area contributed by atoms with Crippen molar-refractivity contribution >= 4 is 27.8 Å². The molecule has 144 valence electrons. The van der Waals surface area contributed by atoms with E-state index in [0.29, 0.717) is 11.3 Å². The lowest BCUT2D eigenvalue weighted by atomic mass is 10.0. The highest BCUT2D eigenvalue weighted by Gasteiger charge is 2.25. The number of rotatable bonds is 3. The van der Waals surface area contributed by atoms with Crippen LogP contribution in [0, 0.1) is 19.7 Å². The minimum atomic E-state index is -0.296. The lowest BCUT2D eigenvalue weighted by molar-refractivity contribution is 0.620. The Labute approximate surface area is 166 Å². The fourth-order valence-corrected chi connectivity index (χ4v) is 3.93. The van der Waals surface area contributed by atoms with Crippen molar-refractivity contribution in [3.8, 4) is 0 Å². The molecule has 0 aliphatic carbocycles. The zero-order valence-corrected chi connectivity index (χ0v) is 16.0. The normalized spacial score (nSPS) is 12.7. The summed E-state index contributed by atoms with van der Waals surface area (Å²) in [4.78, 5) is 9.23. The number of nitrogens with two attached hydrogens (primary N) is 1. The number of hydrogen-bond acceptors (Lipinski definition) is 4. The summed E-state index contributed by atoms with van der Waals surface area (Å²) in [6.45, 7) is 3.89. The largest absolute Gasteiger partial charge is 0.382 e. The van der Waals surface area contributed by atoms with Gasteiger partial charge in [0, 0.05) is 11.1 Å². The number of fused-ring (bicyclic) bond motifs is 3. The van der Waals surface area contributed by atoms with Crippen molar-refractivity contribution in [2.24, 2.45) is 0 Å². The van der Waals surface area contributed by atoms with Gasteiger partial charge in [0.1, 0.15) is 23.2 Å². The molecule has 0 radical (unpaired) electrons. The number of nitrogens with one attached hydrogen (secondary N) is 1. The van der Waals surface area contributed by atoms with Gasteiger partial charge in [0.05, 0.1) is 16.7 Å². The molecule has 0 aliphatic heterocycles. The molecule has 5 aromatic rings. The maximum atomic E-state index is 13.6. The van der Waals surface area contributed by atoms with Crippen LogP contribution in [0.25, 0.3) is 21.9 Å². The van der Waals surface area contributed by atoms with Crippen molar-refractivity contribution in [2.75, 3.05) is 5.73 Å². The number of anilines is 1. The van der Waals surface area contributed by atoms with Crippen LogP contribution >= 0.6 is 0 Å². The molecule has 29 heavy (non-hydrogen) atoms. The molecule has 0 bridgehead atoms. The number of hydrogen-bond donors (Lipinski definition) is 2. The van der Waals surface area contributed by atoms with Crippen molar-refractivity contribution in [1.29, 1.82) is 0 Å². The minimum absolute atomic E-state index is 0.281. The van der Waals surface area contributed by atoms with E-state index < -0.39 is 0 Å². The summed E-state index contributed by atoms with van der Waals surface area (Å²) in [6.07, 6.45) is 0. The number of halogens is 1. The maximum absolute atomic E-state index is 13.6. The summed E-state index contributed by atoms with van der Waals surface area (Å²) >= 11 is 0. The first-order chi connectivity index (χ1) is 14.0. The average molecular weight is 386 g/mol. The molecule has 0 saturated heterocycles. The zero-order valence-electron chi connectivity index (χ0n) is 16.0. The molecule has 0 saturated carbocycles. The fraction of sp³-hybridized carbons (Fsp3) is 0.136. The summed E-state index contributed by atoms with van der Waals surface area (Å²) < 4.78 is 15.7. The van der Waals surface area contributed by atoms with E-state index in [2.05, 4.69) is 19.7 Å². The van der Waals surface area contributed by atoms with Gasteiger partial charge in [-0.25, -0.2) is 14.4 Å². The number of aromatic nitrogens is 5.